The highest BCUT2D eigenvalue weighted by molar-refractivity contribution is 6.39. The summed E-state index contributed by atoms with van der Waals surface area (Å²) in [4.78, 5) is 31.7. The van der Waals surface area contributed by atoms with Gasteiger partial charge in [-0.15, -0.1) is 0 Å². The standard InChI is InChI=1S/C14H18N8O2/c1-9-7-11(22-14(19-9)17-8-18-22)15-5-6-16-13(24)10-3-4-12(23)21(2)20-10/h7-8,15H,3-6H2,1-2H3,(H,16,24). The Morgan fingerprint density at radius 3 is 2.96 bits per heavy atom. The number of nitrogens with zero attached hydrogens (tertiary/aromatic N) is 6. The summed E-state index contributed by atoms with van der Waals surface area (Å²) in [6.07, 6.45) is 2.11. The molecule has 0 aromatic carbocycles. The Morgan fingerprint density at radius 1 is 1.33 bits per heavy atom. The number of aryl methyl sites for hydroxylation is 1. The molecule has 0 unspecified atom stereocenters. The molecular formula is C14H18N8O2. The molecule has 0 saturated heterocycles. The summed E-state index contributed by atoms with van der Waals surface area (Å²) in [7, 11) is 1.55. The molecule has 0 bridgehead atoms. The van der Waals surface area contributed by atoms with E-state index < -0.39 is 0 Å². The van der Waals surface area contributed by atoms with Crippen molar-refractivity contribution in [2.75, 3.05) is 25.5 Å². The molecule has 3 heterocycles. The van der Waals surface area contributed by atoms with Crippen molar-refractivity contribution < 1.29 is 9.59 Å². The number of rotatable bonds is 5. The largest absolute Gasteiger partial charge is 0.368 e. The predicted octanol–water partition coefficient (Wildman–Crippen LogP) is -0.431. The zero-order valence-corrected chi connectivity index (χ0v) is 13.5. The van der Waals surface area contributed by atoms with Gasteiger partial charge in [0.1, 0.15) is 17.9 Å². The van der Waals surface area contributed by atoms with Crippen LogP contribution >= 0.6 is 0 Å². The Labute approximate surface area is 138 Å². The van der Waals surface area contributed by atoms with Gasteiger partial charge < -0.3 is 10.6 Å². The summed E-state index contributed by atoms with van der Waals surface area (Å²) in [6, 6.07) is 1.86. The number of amides is 2. The van der Waals surface area contributed by atoms with Crippen LogP contribution in [0.15, 0.2) is 17.5 Å². The molecule has 0 fully saturated rings. The van der Waals surface area contributed by atoms with Gasteiger partial charge in [-0.3, -0.25) is 9.59 Å². The number of fused-ring (bicyclic) bond motifs is 1. The number of anilines is 1. The monoisotopic (exact) mass is 330 g/mol. The number of hydrogen-bond donors (Lipinski definition) is 2. The fourth-order valence-electron chi connectivity index (χ4n) is 2.36. The van der Waals surface area contributed by atoms with Gasteiger partial charge in [0.2, 0.25) is 5.91 Å². The van der Waals surface area contributed by atoms with Gasteiger partial charge >= 0.3 is 0 Å². The molecule has 0 spiro atoms. The minimum absolute atomic E-state index is 0.0851. The number of carbonyl (C=O) groups is 2. The van der Waals surface area contributed by atoms with Crippen molar-refractivity contribution in [3.8, 4) is 0 Å². The maximum Gasteiger partial charge on any atom is 0.267 e. The Balaban J connectivity index is 1.53. The van der Waals surface area contributed by atoms with E-state index in [1.165, 1.54) is 11.3 Å². The van der Waals surface area contributed by atoms with Crippen LogP contribution in [0.5, 0.6) is 0 Å². The molecule has 126 valence electrons. The van der Waals surface area contributed by atoms with Crippen LogP contribution in [0.1, 0.15) is 18.5 Å². The second-order valence-electron chi connectivity index (χ2n) is 5.40. The maximum absolute atomic E-state index is 12.0. The topological polar surface area (TPSA) is 117 Å². The second kappa shape index (κ2) is 6.60. The molecule has 2 aromatic heterocycles. The van der Waals surface area contributed by atoms with E-state index in [1.807, 2.05) is 13.0 Å². The lowest BCUT2D eigenvalue weighted by atomic mass is 10.1. The predicted molar refractivity (Wildman–Crippen MR) is 86.5 cm³/mol. The SMILES string of the molecule is Cc1cc(NCCNC(=O)C2=NN(C)C(=O)CC2)n2ncnc2n1. The normalized spacial score (nSPS) is 14.7. The van der Waals surface area contributed by atoms with Crippen LogP contribution in [0.3, 0.4) is 0 Å². The molecule has 0 radical (unpaired) electrons. The number of hydrogen-bond acceptors (Lipinski definition) is 7. The smallest absolute Gasteiger partial charge is 0.267 e. The Hall–Kier alpha value is -3.04. The molecular weight excluding hydrogens is 312 g/mol. The zero-order valence-electron chi connectivity index (χ0n) is 13.5. The van der Waals surface area contributed by atoms with Gasteiger partial charge in [-0.25, -0.2) is 9.99 Å². The third-order valence-corrected chi connectivity index (χ3v) is 3.57. The molecule has 2 aromatic rings. The van der Waals surface area contributed by atoms with E-state index in [0.717, 1.165) is 11.5 Å². The Bertz CT molecular complexity index is 812. The zero-order chi connectivity index (χ0) is 17.1. The van der Waals surface area contributed by atoms with E-state index in [1.54, 1.807) is 11.6 Å². The molecule has 1 aliphatic rings. The number of hydrazone groups is 1. The fraction of sp³-hybridized carbons (Fsp3) is 0.429. The number of carbonyl (C=O) groups excluding carboxylic acids is 2. The third-order valence-electron chi connectivity index (χ3n) is 3.57. The summed E-state index contributed by atoms with van der Waals surface area (Å²) in [5, 5.41) is 15.3. The van der Waals surface area contributed by atoms with Crippen LogP contribution in [0.2, 0.25) is 0 Å². The number of aromatic nitrogens is 4. The second-order valence-corrected chi connectivity index (χ2v) is 5.40. The first-order valence-electron chi connectivity index (χ1n) is 7.58. The molecule has 0 aliphatic carbocycles. The van der Waals surface area contributed by atoms with Crippen molar-refractivity contribution in [2.45, 2.75) is 19.8 Å². The Morgan fingerprint density at radius 2 is 2.17 bits per heavy atom. The molecule has 2 amide bonds. The van der Waals surface area contributed by atoms with Crippen LogP contribution in [-0.2, 0) is 9.59 Å². The van der Waals surface area contributed by atoms with Crippen molar-refractivity contribution in [3.63, 3.8) is 0 Å². The summed E-state index contributed by atoms with van der Waals surface area (Å²) in [5.74, 6) is 0.932. The number of nitrogens with one attached hydrogen (secondary N) is 2. The van der Waals surface area contributed by atoms with Crippen LogP contribution in [-0.4, -0.2) is 62.3 Å². The van der Waals surface area contributed by atoms with E-state index in [0.29, 0.717) is 37.4 Å². The van der Waals surface area contributed by atoms with Crippen LogP contribution in [0, 0.1) is 6.92 Å². The van der Waals surface area contributed by atoms with Gasteiger partial charge in [-0.2, -0.15) is 19.7 Å². The van der Waals surface area contributed by atoms with E-state index >= 15 is 0 Å². The highest BCUT2D eigenvalue weighted by Gasteiger charge is 2.21. The molecule has 10 nitrogen and oxygen atoms in total. The van der Waals surface area contributed by atoms with E-state index in [9.17, 15) is 9.59 Å². The van der Waals surface area contributed by atoms with Crippen LogP contribution in [0.25, 0.3) is 5.78 Å². The first-order valence-corrected chi connectivity index (χ1v) is 7.58. The van der Waals surface area contributed by atoms with Gasteiger partial charge in [0.25, 0.3) is 11.7 Å². The summed E-state index contributed by atoms with van der Waals surface area (Å²) in [6.45, 7) is 2.79. The van der Waals surface area contributed by atoms with Crippen molar-refractivity contribution in [2.24, 2.45) is 5.10 Å². The minimum Gasteiger partial charge on any atom is -0.368 e. The first kappa shape index (κ1) is 15.8. The van der Waals surface area contributed by atoms with Gasteiger partial charge in [0.15, 0.2) is 0 Å². The lowest BCUT2D eigenvalue weighted by molar-refractivity contribution is -0.130. The maximum atomic E-state index is 12.0. The summed E-state index contributed by atoms with van der Waals surface area (Å²) >= 11 is 0. The van der Waals surface area contributed by atoms with E-state index in [2.05, 4.69) is 30.8 Å². The molecule has 2 N–H and O–H groups in total. The highest BCUT2D eigenvalue weighted by Crippen LogP contribution is 2.09. The first-order chi connectivity index (χ1) is 11.5. The lowest BCUT2D eigenvalue weighted by Crippen LogP contribution is -2.39. The average Bonchev–Trinajstić information content (AvgIpc) is 3.02. The molecule has 24 heavy (non-hydrogen) atoms. The van der Waals surface area contributed by atoms with Gasteiger partial charge in [-0.05, 0) is 6.92 Å². The van der Waals surface area contributed by atoms with Gasteiger partial charge in [-0.1, -0.05) is 0 Å². The van der Waals surface area contributed by atoms with Crippen molar-refractivity contribution in [3.05, 3.63) is 18.1 Å². The molecule has 0 atom stereocenters. The van der Waals surface area contributed by atoms with Crippen LogP contribution < -0.4 is 10.6 Å². The van der Waals surface area contributed by atoms with E-state index in [4.69, 9.17) is 0 Å². The van der Waals surface area contributed by atoms with Crippen molar-refractivity contribution in [1.29, 1.82) is 0 Å². The van der Waals surface area contributed by atoms with Crippen LogP contribution in [0.4, 0.5) is 5.82 Å². The molecule has 1 aliphatic heterocycles. The minimum atomic E-state index is -0.257. The third kappa shape index (κ3) is 3.31. The molecule has 3 rings (SSSR count). The van der Waals surface area contributed by atoms with Gasteiger partial charge in [0, 0.05) is 44.7 Å². The van der Waals surface area contributed by atoms with E-state index in [-0.39, 0.29) is 11.8 Å². The fourth-order valence-corrected chi connectivity index (χ4v) is 2.36. The summed E-state index contributed by atoms with van der Waals surface area (Å²) in [5.41, 5.74) is 1.20. The summed E-state index contributed by atoms with van der Waals surface area (Å²) < 4.78 is 1.60. The Kier molecular flexibility index (Phi) is 4.36. The average molecular weight is 330 g/mol. The molecule has 10 heteroatoms. The van der Waals surface area contributed by atoms with Gasteiger partial charge in [0.05, 0.1) is 0 Å². The van der Waals surface area contributed by atoms with Crippen molar-refractivity contribution in [1.82, 2.24) is 29.9 Å². The lowest BCUT2D eigenvalue weighted by Gasteiger charge is -2.19. The molecule has 0 saturated carbocycles. The van der Waals surface area contributed by atoms with Crippen molar-refractivity contribution >= 4 is 29.1 Å². The quantitative estimate of drug-likeness (QED) is 0.719. The highest BCUT2D eigenvalue weighted by atomic mass is 16.2.